The third-order valence-electron chi connectivity index (χ3n) is 9.96. The van der Waals surface area contributed by atoms with Crippen molar-refractivity contribution in [2.75, 3.05) is 63.6 Å². The third kappa shape index (κ3) is 12.1. The molecule has 6 rings (SSSR count). The van der Waals surface area contributed by atoms with Gasteiger partial charge >= 0.3 is 0 Å². The Labute approximate surface area is 357 Å². The van der Waals surface area contributed by atoms with Crippen molar-refractivity contribution < 1.29 is 22.9 Å². The molecule has 0 aliphatic carbocycles. The van der Waals surface area contributed by atoms with Gasteiger partial charge in [-0.2, -0.15) is 15.3 Å². The normalized spacial score (nSPS) is 14.7. The highest BCUT2D eigenvalue weighted by Crippen LogP contribution is 2.30. The number of aromatic nitrogens is 7. The number of halogens is 1. The molecule has 1 aromatic carbocycles. The van der Waals surface area contributed by atoms with Crippen molar-refractivity contribution >= 4 is 52.9 Å². The van der Waals surface area contributed by atoms with Crippen molar-refractivity contribution in [1.29, 1.82) is 0 Å². The number of ether oxygens (including phenoxy) is 1. The molecule has 4 N–H and O–H groups in total. The number of nitrogens with one attached hydrogen (secondary N) is 4. The minimum absolute atomic E-state index is 0.00165. The average Bonchev–Trinajstić information content (AvgIpc) is 3.92. The van der Waals surface area contributed by atoms with Gasteiger partial charge in [-0.25, -0.2) is 37.2 Å². The van der Waals surface area contributed by atoms with E-state index in [1.54, 1.807) is 24.5 Å². The van der Waals surface area contributed by atoms with E-state index in [1.807, 2.05) is 43.9 Å². The summed E-state index contributed by atoms with van der Waals surface area (Å²) in [7, 11) is 2.28. The summed E-state index contributed by atoms with van der Waals surface area (Å²) >= 11 is 0. The van der Waals surface area contributed by atoms with Crippen LogP contribution in [0.25, 0.3) is 22.3 Å². The number of aromatic amines is 1. The number of hydrogen-bond donors (Lipinski definition) is 4. The van der Waals surface area contributed by atoms with Gasteiger partial charge in [-0.05, 0) is 76.0 Å². The molecule has 1 fully saturated rings. The maximum absolute atomic E-state index is 15.4. The molecule has 328 valence electrons. The molecule has 0 radical (unpaired) electrons. The van der Waals surface area contributed by atoms with Crippen molar-refractivity contribution in [3.05, 3.63) is 66.1 Å². The third-order valence-corrected chi connectivity index (χ3v) is 11.5. The number of fused-ring (bicyclic) bond motifs is 1. The lowest BCUT2D eigenvalue weighted by molar-refractivity contribution is -0.110. The summed E-state index contributed by atoms with van der Waals surface area (Å²) in [5.41, 5.74) is 3.85. The van der Waals surface area contributed by atoms with Gasteiger partial charge in [0, 0.05) is 76.8 Å². The van der Waals surface area contributed by atoms with Crippen LogP contribution in [0.15, 0.2) is 64.0 Å². The number of likely N-dealkylation sites (tertiary alicyclic amines) is 1. The van der Waals surface area contributed by atoms with Crippen LogP contribution in [0.3, 0.4) is 0 Å². The largest absolute Gasteiger partial charge is 0.485 e. The molecular weight excluding hydrogens is 804 g/mol. The summed E-state index contributed by atoms with van der Waals surface area (Å²) in [6.07, 6.45) is 8.45. The summed E-state index contributed by atoms with van der Waals surface area (Å²) in [5, 5.41) is 24.9. The lowest BCUT2D eigenvalue weighted by atomic mass is 9.92. The summed E-state index contributed by atoms with van der Waals surface area (Å²) in [5.74, 6) is 1.38. The Balaban J connectivity index is 0.000000925. The van der Waals surface area contributed by atoms with E-state index >= 15 is 4.39 Å². The van der Waals surface area contributed by atoms with Crippen LogP contribution in [-0.2, 0) is 27.6 Å². The van der Waals surface area contributed by atoms with Crippen LogP contribution >= 0.6 is 0 Å². The van der Waals surface area contributed by atoms with Crippen molar-refractivity contribution in [3.8, 4) is 17.0 Å². The van der Waals surface area contributed by atoms with Gasteiger partial charge in [0.25, 0.3) is 0 Å². The van der Waals surface area contributed by atoms with Crippen molar-refractivity contribution in [3.63, 3.8) is 0 Å². The molecule has 4 aromatic heterocycles. The Bertz CT molecular complexity index is 2300. The molecule has 2 atom stereocenters. The molecule has 61 heavy (non-hydrogen) atoms. The summed E-state index contributed by atoms with van der Waals surface area (Å²) in [4.78, 5) is 35.9. The second kappa shape index (κ2) is 22.7. The molecule has 1 amide bonds. The molecule has 18 nitrogen and oxygen atoms in total. The standard InChI is InChI=1S/C37H50FN13O2S.C4H7NO2/c1-8-50(21-25(4)20-49-15-13-26(14-16-49)31-12-10-29-35(39-5)47-48(7)36(29)46-31)54(52)28-9-11-32(30(38)17-28)41-22-42-37-34(53-24(2)3)33(27-18-44-45-19-27)43-23-51(37)40-6;6-3-1-2-5-4-7/h9-12,17-19,23-26,41H,6,8,13-16,20-22H2,1-5,7H3,(H,39,47)(H,44,45);3-4H,1-2H2,(H,5,7)/b42-37-;. The fourth-order valence-corrected chi connectivity index (χ4v) is 8.35. The first-order valence-electron chi connectivity index (χ1n) is 20.3. The van der Waals surface area contributed by atoms with Crippen LogP contribution in [0.4, 0.5) is 15.9 Å². The van der Waals surface area contributed by atoms with E-state index in [-0.39, 0.29) is 24.4 Å². The highest BCUT2D eigenvalue weighted by Gasteiger charge is 2.25. The second-order valence-corrected chi connectivity index (χ2v) is 16.3. The maximum atomic E-state index is 15.4. The highest BCUT2D eigenvalue weighted by atomic mass is 32.2. The lowest BCUT2D eigenvalue weighted by Gasteiger charge is -2.34. The van der Waals surface area contributed by atoms with E-state index in [2.05, 4.69) is 77.0 Å². The van der Waals surface area contributed by atoms with Crippen molar-refractivity contribution in [1.82, 2.24) is 49.1 Å². The van der Waals surface area contributed by atoms with Crippen LogP contribution in [0.1, 0.15) is 58.6 Å². The first kappa shape index (κ1) is 46.2. The van der Waals surface area contributed by atoms with Crippen LogP contribution in [0.2, 0.25) is 0 Å². The van der Waals surface area contributed by atoms with E-state index in [0.29, 0.717) is 65.8 Å². The zero-order valence-electron chi connectivity index (χ0n) is 35.7. The molecule has 0 bridgehead atoms. The first-order chi connectivity index (χ1) is 29.5. The SMILES string of the molecule is C=Nn1cnc(-c2cn[nH]c2)c(OC(C)C)/c1=N/CNc1ccc(S(=O)N(CC)CC(C)CN2CCC(c3ccc4c(NC)nn(C)c4n3)CC2)cc1F.O=CCCNC=O. The second-order valence-electron chi connectivity index (χ2n) is 14.8. The van der Waals surface area contributed by atoms with Gasteiger partial charge in [0.15, 0.2) is 22.7 Å². The van der Waals surface area contributed by atoms with Gasteiger partial charge < -0.3 is 30.4 Å². The lowest BCUT2D eigenvalue weighted by Crippen LogP contribution is -2.40. The number of carbonyl (C=O) groups is 2. The number of hydrogen-bond acceptors (Lipinski definition) is 13. The van der Waals surface area contributed by atoms with E-state index in [0.717, 1.165) is 61.3 Å². The summed E-state index contributed by atoms with van der Waals surface area (Å²) in [6.45, 7) is 16.1. The Kier molecular flexibility index (Phi) is 17.2. The molecule has 20 heteroatoms. The van der Waals surface area contributed by atoms with E-state index in [4.69, 9.17) is 9.72 Å². The Morgan fingerprint density at radius 3 is 2.61 bits per heavy atom. The van der Waals surface area contributed by atoms with E-state index in [1.165, 1.54) is 17.1 Å². The fraction of sp³-hybridized carbons (Fsp3) is 0.463. The topological polar surface area (TPSA) is 205 Å². The van der Waals surface area contributed by atoms with Gasteiger partial charge in [0.05, 0.1) is 28.3 Å². The number of aryl methyl sites for hydroxylation is 1. The first-order valence-corrected chi connectivity index (χ1v) is 21.4. The Morgan fingerprint density at radius 1 is 1.18 bits per heavy atom. The molecule has 5 heterocycles. The molecule has 1 aliphatic rings. The van der Waals surface area contributed by atoms with E-state index < -0.39 is 16.8 Å². The minimum atomic E-state index is -1.53. The van der Waals surface area contributed by atoms with Crippen molar-refractivity contribution in [2.45, 2.75) is 63.9 Å². The number of piperidine rings is 1. The number of rotatable bonds is 20. The number of benzene rings is 1. The molecule has 0 spiro atoms. The predicted octanol–water partition coefficient (Wildman–Crippen LogP) is 4.14. The number of amides is 1. The molecule has 0 saturated carbocycles. The molecule has 1 aliphatic heterocycles. The Morgan fingerprint density at radius 2 is 1.97 bits per heavy atom. The quantitative estimate of drug-likeness (QED) is 0.0498. The minimum Gasteiger partial charge on any atom is -0.485 e. The van der Waals surface area contributed by atoms with Gasteiger partial charge in [0.2, 0.25) is 6.41 Å². The number of aldehydes is 1. The zero-order valence-corrected chi connectivity index (χ0v) is 36.5. The monoisotopic (exact) mass is 860 g/mol. The van der Waals surface area contributed by atoms with E-state index in [9.17, 15) is 13.8 Å². The number of nitrogens with zero attached hydrogens (tertiary/aromatic N) is 10. The molecule has 5 aromatic rings. The molecule has 2 unspecified atom stereocenters. The summed E-state index contributed by atoms with van der Waals surface area (Å²) in [6, 6.07) is 8.87. The smallest absolute Gasteiger partial charge is 0.207 e. The summed E-state index contributed by atoms with van der Waals surface area (Å²) < 4.78 is 40.4. The van der Waals surface area contributed by atoms with Gasteiger partial charge in [-0.1, -0.05) is 13.8 Å². The van der Waals surface area contributed by atoms with Crippen molar-refractivity contribution in [2.24, 2.45) is 23.1 Å². The van der Waals surface area contributed by atoms with Gasteiger partial charge in [0.1, 0.15) is 41.8 Å². The number of carbonyl (C=O) groups excluding carboxylic acids is 2. The molecule has 1 saturated heterocycles. The average molecular weight is 861 g/mol. The number of H-pyrrole nitrogens is 1. The predicted molar refractivity (Wildman–Crippen MR) is 235 cm³/mol. The maximum Gasteiger partial charge on any atom is 0.207 e. The van der Waals surface area contributed by atoms with Crippen LogP contribution in [0, 0.1) is 11.7 Å². The van der Waals surface area contributed by atoms with Crippen LogP contribution in [0.5, 0.6) is 5.75 Å². The highest BCUT2D eigenvalue weighted by molar-refractivity contribution is 7.82. The Hall–Kier alpha value is -5.86. The number of anilines is 2. The fourth-order valence-electron chi connectivity index (χ4n) is 7.04. The molecular formula is C41H57FN14O4S. The zero-order chi connectivity index (χ0) is 43.9. The van der Waals surface area contributed by atoms with Crippen LogP contribution < -0.4 is 26.2 Å². The van der Waals surface area contributed by atoms with Gasteiger partial charge in [-0.3, -0.25) is 9.89 Å². The van der Waals surface area contributed by atoms with Crippen LogP contribution in [-0.4, -0.2) is 127 Å². The van der Waals surface area contributed by atoms with Gasteiger partial charge in [-0.15, -0.1) is 0 Å². The number of pyridine rings is 1.